The minimum Gasteiger partial charge on any atom is -0.367 e. The van der Waals surface area contributed by atoms with Gasteiger partial charge in [-0.25, -0.2) is 0 Å². The summed E-state index contributed by atoms with van der Waals surface area (Å²) in [6, 6.07) is 17.0. The van der Waals surface area contributed by atoms with Crippen molar-refractivity contribution in [3.05, 3.63) is 81.3 Å². The zero-order chi connectivity index (χ0) is 24.5. The van der Waals surface area contributed by atoms with E-state index in [9.17, 15) is 4.79 Å². The van der Waals surface area contributed by atoms with Gasteiger partial charge in [0.05, 0.1) is 22.0 Å². The van der Waals surface area contributed by atoms with Gasteiger partial charge in [-0.05, 0) is 75.2 Å². The van der Waals surface area contributed by atoms with Crippen molar-refractivity contribution in [3.8, 4) is 0 Å². The first-order valence-electron chi connectivity index (χ1n) is 11.4. The van der Waals surface area contributed by atoms with Crippen molar-refractivity contribution in [1.82, 2.24) is 5.32 Å². The molecule has 3 aromatic carbocycles. The molecule has 0 saturated carbocycles. The van der Waals surface area contributed by atoms with Crippen LogP contribution in [0.15, 0.2) is 54.6 Å². The lowest BCUT2D eigenvalue weighted by atomic mass is 10.0. The molecule has 0 bridgehead atoms. The maximum absolute atomic E-state index is 13.3. The van der Waals surface area contributed by atoms with Crippen LogP contribution in [0.4, 0.5) is 22.7 Å². The molecule has 178 valence electrons. The van der Waals surface area contributed by atoms with Crippen LogP contribution in [0.25, 0.3) is 0 Å². The molecule has 0 unspecified atom stereocenters. The van der Waals surface area contributed by atoms with Crippen molar-refractivity contribution in [1.29, 1.82) is 0 Å². The molecule has 0 atom stereocenters. The van der Waals surface area contributed by atoms with E-state index in [1.54, 1.807) is 6.07 Å². The Balaban J connectivity index is 1.57. The summed E-state index contributed by atoms with van der Waals surface area (Å²) in [5.41, 5.74) is 5.68. The van der Waals surface area contributed by atoms with Gasteiger partial charge in [-0.3, -0.25) is 4.79 Å². The molecular weight excluding hydrogens is 467 g/mol. The molecule has 1 aliphatic rings. The maximum Gasteiger partial charge on any atom is 0.257 e. The third-order valence-corrected chi connectivity index (χ3v) is 6.88. The van der Waals surface area contributed by atoms with Crippen LogP contribution in [0, 0.1) is 13.8 Å². The maximum atomic E-state index is 13.3. The number of aryl methyl sites for hydroxylation is 1. The number of carbonyl (C=O) groups is 1. The molecule has 4 rings (SSSR count). The molecule has 1 amide bonds. The number of nitrogens with zero attached hydrogens (tertiary/aromatic N) is 1. The monoisotopic (exact) mass is 496 g/mol. The number of amides is 1. The van der Waals surface area contributed by atoms with Gasteiger partial charge in [0.25, 0.3) is 5.91 Å². The Bertz CT molecular complexity index is 1230. The first-order chi connectivity index (χ1) is 16.1. The van der Waals surface area contributed by atoms with Crippen molar-refractivity contribution in [2.24, 2.45) is 0 Å². The van der Waals surface area contributed by atoms with E-state index in [1.807, 2.05) is 56.3 Å². The van der Waals surface area contributed by atoms with Crippen molar-refractivity contribution < 1.29 is 4.79 Å². The molecule has 1 aliphatic heterocycles. The van der Waals surface area contributed by atoms with Crippen LogP contribution in [-0.2, 0) is 0 Å². The third-order valence-electron chi connectivity index (χ3n) is 6.16. The van der Waals surface area contributed by atoms with E-state index >= 15 is 0 Å². The van der Waals surface area contributed by atoms with E-state index in [2.05, 4.69) is 40.8 Å². The molecule has 1 saturated heterocycles. The van der Waals surface area contributed by atoms with Crippen molar-refractivity contribution in [3.63, 3.8) is 0 Å². The fourth-order valence-electron chi connectivity index (χ4n) is 4.26. The van der Waals surface area contributed by atoms with E-state index in [-0.39, 0.29) is 11.4 Å². The number of hydrogen-bond donors (Lipinski definition) is 3. The van der Waals surface area contributed by atoms with Crippen LogP contribution >= 0.6 is 23.2 Å². The third kappa shape index (κ3) is 5.33. The minimum absolute atomic E-state index is 0.0143. The zero-order valence-corrected chi connectivity index (χ0v) is 21.4. The molecule has 1 fully saturated rings. The number of anilines is 4. The van der Waals surface area contributed by atoms with Gasteiger partial charge in [-0.1, -0.05) is 41.4 Å². The average Bonchev–Trinajstić information content (AvgIpc) is 2.78. The number of piperazine rings is 1. The molecule has 0 spiro atoms. The summed E-state index contributed by atoms with van der Waals surface area (Å²) in [6.45, 7) is 10.9. The topological polar surface area (TPSA) is 56.4 Å². The molecule has 34 heavy (non-hydrogen) atoms. The summed E-state index contributed by atoms with van der Waals surface area (Å²) in [7, 11) is 0. The van der Waals surface area contributed by atoms with Gasteiger partial charge in [0.15, 0.2) is 0 Å². The predicted octanol–water partition coefficient (Wildman–Crippen LogP) is 6.79. The second kappa shape index (κ2) is 9.87. The molecule has 0 radical (unpaired) electrons. The first-order valence-corrected chi connectivity index (χ1v) is 12.1. The Morgan fingerprint density at radius 3 is 2.47 bits per heavy atom. The number of para-hydroxylation sites is 1. The number of carbonyl (C=O) groups excluding carboxylic acids is 1. The lowest BCUT2D eigenvalue weighted by Crippen LogP contribution is -2.57. The van der Waals surface area contributed by atoms with Gasteiger partial charge in [0.1, 0.15) is 0 Å². The Labute approximate surface area is 211 Å². The van der Waals surface area contributed by atoms with Crippen molar-refractivity contribution >= 4 is 51.9 Å². The summed E-state index contributed by atoms with van der Waals surface area (Å²) in [5, 5.41) is 11.2. The number of rotatable bonds is 5. The lowest BCUT2D eigenvalue weighted by Gasteiger charge is -2.41. The zero-order valence-electron chi connectivity index (χ0n) is 19.9. The number of hydrogen-bond acceptors (Lipinski definition) is 4. The molecule has 0 aliphatic carbocycles. The fraction of sp³-hybridized carbons (Fsp3) is 0.296. The van der Waals surface area contributed by atoms with E-state index in [0.29, 0.717) is 27.0 Å². The molecule has 7 heteroatoms. The summed E-state index contributed by atoms with van der Waals surface area (Å²) in [6.07, 6.45) is 0. The van der Waals surface area contributed by atoms with Gasteiger partial charge in [0.2, 0.25) is 0 Å². The van der Waals surface area contributed by atoms with E-state index in [0.717, 1.165) is 42.1 Å². The molecule has 3 aromatic rings. The van der Waals surface area contributed by atoms with E-state index in [1.165, 1.54) is 0 Å². The van der Waals surface area contributed by atoms with Gasteiger partial charge in [-0.2, -0.15) is 0 Å². The number of halogens is 2. The largest absolute Gasteiger partial charge is 0.367 e. The Kier molecular flexibility index (Phi) is 7.08. The summed E-state index contributed by atoms with van der Waals surface area (Å²) in [5.74, 6) is -0.210. The SMILES string of the molecule is Cc1cc(N2CCNC(C)(C)C2)c(Cl)cc1NC(=O)c1ccccc1Nc1cccc(Cl)c1C. The van der Waals surface area contributed by atoms with Crippen LogP contribution in [0.1, 0.15) is 35.3 Å². The highest BCUT2D eigenvalue weighted by atomic mass is 35.5. The summed E-state index contributed by atoms with van der Waals surface area (Å²) in [4.78, 5) is 15.6. The van der Waals surface area contributed by atoms with Crippen LogP contribution in [0.3, 0.4) is 0 Å². The van der Waals surface area contributed by atoms with Gasteiger partial charge in [0, 0.05) is 41.6 Å². The van der Waals surface area contributed by atoms with Crippen LogP contribution in [-0.4, -0.2) is 31.1 Å². The van der Waals surface area contributed by atoms with E-state index < -0.39 is 0 Å². The standard InChI is InChI=1S/C27H30Cl2N4O/c1-17-14-25(33-13-12-30-27(3,4)16-33)21(29)15-24(17)32-26(34)19-8-5-6-10-23(19)31-22-11-7-9-20(28)18(22)2/h5-11,14-15,30-31H,12-13,16H2,1-4H3,(H,32,34). The fourth-order valence-corrected chi connectivity index (χ4v) is 4.72. The highest BCUT2D eigenvalue weighted by Crippen LogP contribution is 2.34. The second-order valence-electron chi connectivity index (χ2n) is 9.39. The highest BCUT2D eigenvalue weighted by molar-refractivity contribution is 6.33. The van der Waals surface area contributed by atoms with Gasteiger partial charge in [-0.15, -0.1) is 0 Å². The first kappa shape index (κ1) is 24.4. The lowest BCUT2D eigenvalue weighted by molar-refractivity contribution is 0.102. The number of nitrogens with one attached hydrogen (secondary N) is 3. The molecule has 5 nitrogen and oxygen atoms in total. The summed E-state index contributed by atoms with van der Waals surface area (Å²) >= 11 is 13.0. The second-order valence-corrected chi connectivity index (χ2v) is 10.2. The Morgan fingerprint density at radius 2 is 1.71 bits per heavy atom. The normalized spacial score (nSPS) is 15.2. The Hall–Kier alpha value is -2.73. The molecular formula is C27H30Cl2N4O. The highest BCUT2D eigenvalue weighted by Gasteiger charge is 2.27. The molecule has 3 N–H and O–H groups in total. The number of benzene rings is 3. The average molecular weight is 497 g/mol. The van der Waals surface area contributed by atoms with Gasteiger partial charge < -0.3 is 20.9 Å². The van der Waals surface area contributed by atoms with Crippen molar-refractivity contribution in [2.75, 3.05) is 35.2 Å². The summed E-state index contributed by atoms with van der Waals surface area (Å²) < 4.78 is 0. The predicted molar refractivity (Wildman–Crippen MR) is 144 cm³/mol. The van der Waals surface area contributed by atoms with Crippen LogP contribution in [0.5, 0.6) is 0 Å². The smallest absolute Gasteiger partial charge is 0.257 e. The quantitative estimate of drug-likeness (QED) is 0.363. The van der Waals surface area contributed by atoms with Gasteiger partial charge >= 0.3 is 0 Å². The minimum atomic E-state index is -0.210. The molecule has 1 heterocycles. The Morgan fingerprint density at radius 1 is 0.971 bits per heavy atom. The van der Waals surface area contributed by atoms with Crippen LogP contribution < -0.4 is 20.9 Å². The van der Waals surface area contributed by atoms with E-state index in [4.69, 9.17) is 23.2 Å². The van der Waals surface area contributed by atoms with Crippen LogP contribution in [0.2, 0.25) is 10.0 Å². The molecule has 0 aromatic heterocycles. The van der Waals surface area contributed by atoms with Crippen molar-refractivity contribution in [2.45, 2.75) is 33.2 Å².